The summed E-state index contributed by atoms with van der Waals surface area (Å²) in [5, 5.41) is 10.2. The van der Waals surface area contributed by atoms with Crippen molar-refractivity contribution in [2.45, 2.75) is 25.9 Å². The minimum atomic E-state index is -0.248. The molecule has 1 atom stereocenters. The number of nitrogens with zero attached hydrogens (tertiary/aromatic N) is 5. The van der Waals surface area contributed by atoms with Crippen molar-refractivity contribution < 1.29 is 4.79 Å². The van der Waals surface area contributed by atoms with Crippen LogP contribution >= 0.6 is 0 Å². The smallest absolute Gasteiger partial charge is 0.328 e. The molecule has 0 bridgehead atoms. The summed E-state index contributed by atoms with van der Waals surface area (Å²) in [4.78, 5) is 28.8. The number of pyridine rings is 1. The molecule has 0 saturated heterocycles. The minimum absolute atomic E-state index is 0.0503. The van der Waals surface area contributed by atoms with Crippen LogP contribution in [0, 0.1) is 0 Å². The van der Waals surface area contributed by atoms with E-state index in [4.69, 9.17) is 0 Å². The Balaban J connectivity index is 1.61. The van der Waals surface area contributed by atoms with Gasteiger partial charge in [-0.1, -0.05) is 0 Å². The van der Waals surface area contributed by atoms with Gasteiger partial charge in [-0.15, -0.1) is 0 Å². The van der Waals surface area contributed by atoms with Crippen LogP contribution in [0.2, 0.25) is 0 Å². The third kappa shape index (κ3) is 4.07. The number of amides is 1. The molecule has 9 nitrogen and oxygen atoms in total. The number of hydrogen-bond acceptors (Lipinski definition) is 5. The number of benzene rings is 1. The molecule has 3 aromatic heterocycles. The summed E-state index contributed by atoms with van der Waals surface area (Å²) >= 11 is 0. The maximum absolute atomic E-state index is 12.8. The third-order valence-corrected chi connectivity index (χ3v) is 5.40. The van der Waals surface area contributed by atoms with Crippen LogP contribution in [0.4, 0.5) is 11.4 Å². The number of hydrogen-bond donors (Lipinski definition) is 2. The first-order chi connectivity index (χ1) is 15.0. The highest BCUT2D eigenvalue weighted by atomic mass is 16.2. The van der Waals surface area contributed by atoms with Crippen LogP contribution in [0.25, 0.3) is 11.0 Å². The maximum atomic E-state index is 12.8. The van der Waals surface area contributed by atoms with Crippen LogP contribution in [-0.2, 0) is 13.6 Å². The van der Waals surface area contributed by atoms with Gasteiger partial charge in [-0.3, -0.25) is 23.6 Å². The van der Waals surface area contributed by atoms with E-state index in [2.05, 4.69) is 27.6 Å². The highest BCUT2D eigenvalue weighted by molar-refractivity contribution is 5.93. The van der Waals surface area contributed by atoms with Gasteiger partial charge in [0.1, 0.15) is 5.69 Å². The number of anilines is 2. The lowest BCUT2D eigenvalue weighted by atomic mass is 10.2. The Morgan fingerprint density at radius 2 is 1.94 bits per heavy atom. The highest BCUT2D eigenvalue weighted by Gasteiger charge is 2.14. The number of aromatic nitrogens is 5. The van der Waals surface area contributed by atoms with Gasteiger partial charge < -0.3 is 10.6 Å². The molecule has 0 aliphatic carbocycles. The highest BCUT2D eigenvalue weighted by Crippen LogP contribution is 2.23. The Hall–Kier alpha value is -3.88. The van der Waals surface area contributed by atoms with E-state index < -0.39 is 0 Å². The van der Waals surface area contributed by atoms with E-state index in [0.717, 1.165) is 28.8 Å². The van der Waals surface area contributed by atoms with Gasteiger partial charge >= 0.3 is 5.69 Å². The molecular weight excluding hydrogens is 394 g/mol. The molecule has 9 heteroatoms. The van der Waals surface area contributed by atoms with E-state index in [-0.39, 0.29) is 17.6 Å². The van der Waals surface area contributed by atoms with E-state index in [1.165, 1.54) is 0 Å². The molecule has 0 aliphatic rings. The Bertz CT molecular complexity index is 1270. The fraction of sp³-hybridized carbons (Fsp3) is 0.273. The average molecular weight is 419 g/mol. The zero-order chi connectivity index (χ0) is 22.0. The normalized spacial score (nSPS) is 12.1. The second-order valence-electron chi connectivity index (χ2n) is 7.45. The summed E-state index contributed by atoms with van der Waals surface area (Å²) < 4.78 is 5.35. The van der Waals surface area contributed by atoms with Crippen molar-refractivity contribution in [3.8, 4) is 0 Å². The van der Waals surface area contributed by atoms with Gasteiger partial charge in [0.05, 0.1) is 17.1 Å². The lowest BCUT2D eigenvalue weighted by Crippen LogP contribution is -2.23. The fourth-order valence-corrected chi connectivity index (χ4v) is 3.62. The van der Waals surface area contributed by atoms with E-state index in [1.807, 2.05) is 35.1 Å². The summed E-state index contributed by atoms with van der Waals surface area (Å²) in [5.74, 6) is -0.248. The number of carbonyl (C=O) groups excluding carboxylic acids is 1. The van der Waals surface area contributed by atoms with Gasteiger partial charge in [-0.05, 0) is 49.7 Å². The molecule has 0 saturated carbocycles. The van der Waals surface area contributed by atoms with Gasteiger partial charge in [-0.2, -0.15) is 5.10 Å². The molecule has 31 heavy (non-hydrogen) atoms. The lowest BCUT2D eigenvalue weighted by Gasteiger charge is -2.13. The molecule has 1 aromatic carbocycles. The molecule has 0 aliphatic heterocycles. The Labute approximate surface area is 179 Å². The van der Waals surface area contributed by atoms with Gasteiger partial charge in [0.15, 0.2) is 0 Å². The predicted octanol–water partition coefficient (Wildman–Crippen LogP) is 2.69. The van der Waals surface area contributed by atoms with Crippen LogP contribution in [0.3, 0.4) is 0 Å². The van der Waals surface area contributed by atoms with Crippen molar-refractivity contribution >= 4 is 28.3 Å². The second-order valence-corrected chi connectivity index (χ2v) is 7.45. The first-order valence-electron chi connectivity index (χ1n) is 10.1. The Morgan fingerprint density at radius 3 is 2.68 bits per heavy atom. The van der Waals surface area contributed by atoms with Crippen LogP contribution in [0.1, 0.15) is 29.9 Å². The van der Waals surface area contributed by atoms with Gasteiger partial charge in [-0.25, -0.2) is 4.79 Å². The van der Waals surface area contributed by atoms with Crippen molar-refractivity contribution in [2.75, 3.05) is 12.4 Å². The van der Waals surface area contributed by atoms with E-state index >= 15 is 0 Å². The molecule has 0 radical (unpaired) electrons. The molecule has 4 rings (SSSR count). The van der Waals surface area contributed by atoms with Crippen molar-refractivity contribution in [3.05, 3.63) is 71.2 Å². The van der Waals surface area contributed by atoms with Crippen LogP contribution in [0.5, 0.6) is 0 Å². The maximum Gasteiger partial charge on any atom is 0.328 e. The zero-order valence-corrected chi connectivity index (χ0v) is 17.7. The van der Waals surface area contributed by atoms with Crippen molar-refractivity contribution in [2.24, 2.45) is 7.05 Å². The number of aryl methyl sites for hydroxylation is 2. The molecule has 1 unspecified atom stereocenters. The first kappa shape index (κ1) is 20.4. The first-order valence-corrected chi connectivity index (χ1v) is 10.1. The van der Waals surface area contributed by atoms with Gasteiger partial charge in [0.2, 0.25) is 0 Å². The largest absolute Gasteiger partial charge is 0.355 e. The number of nitrogens with one attached hydrogen (secondary N) is 2. The quantitative estimate of drug-likeness (QED) is 0.480. The lowest BCUT2D eigenvalue weighted by molar-refractivity contribution is 0.0958. The standard InChI is InChI=1S/C22H25N7O2/c1-15(29-11-4-9-25-29)8-12-28-20-14-16(5-6-19(20)27(3)22(28)31)26-17-7-10-24-18(13-17)21(30)23-2/h4-7,9-11,13-15H,8,12H2,1-3H3,(H,23,30)(H,24,26). The summed E-state index contributed by atoms with van der Waals surface area (Å²) in [6.07, 6.45) is 6.05. The van der Waals surface area contributed by atoms with E-state index in [0.29, 0.717) is 12.2 Å². The predicted molar refractivity (Wildman–Crippen MR) is 120 cm³/mol. The molecule has 0 spiro atoms. The Kier molecular flexibility index (Phi) is 5.57. The van der Waals surface area contributed by atoms with Crippen molar-refractivity contribution in [1.29, 1.82) is 0 Å². The van der Waals surface area contributed by atoms with Gasteiger partial charge in [0.25, 0.3) is 5.91 Å². The van der Waals surface area contributed by atoms with Gasteiger partial charge in [0, 0.05) is 50.6 Å². The fourth-order valence-electron chi connectivity index (χ4n) is 3.62. The Morgan fingerprint density at radius 1 is 1.13 bits per heavy atom. The molecule has 160 valence electrons. The van der Waals surface area contributed by atoms with Crippen LogP contribution in [0.15, 0.2) is 59.8 Å². The van der Waals surface area contributed by atoms with Crippen LogP contribution < -0.4 is 16.3 Å². The summed E-state index contributed by atoms with van der Waals surface area (Å²) in [6.45, 7) is 2.67. The third-order valence-electron chi connectivity index (χ3n) is 5.40. The minimum Gasteiger partial charge on any atom is -0.355 e. The number of carbonyl (C=O) groups is 1. The summed E-state index contributed by atoms with van der Waals surface area (Å²) in [6, 6.07) is 11.3. The molecule has 4 aromatic rings. The topological polar surface area (TPSA) is 98.8 Å². The average Bonchev–Trinajstić information content (AvgIpc) is 3.40. The van der Waals surface area contributed by atoms with E-state index in [1.54, 1.807) is 47.8 Å². The number of rotatable bonds is 7. The van der Waals surface area contributed by atoms with Crippen molar-refractivity contribution in [3.63, 3.8) is 0 Å². The SMILES string of the molecule is CNC(=O)c1cc(Nc2ccc3c(c2)n(CCC(C)n2cccn2)c(=O)n3C)ccn1. The second kappa shape index (κ2) is 8.47. The van der Waals surface area contributed by atoms with Crippen LogP contribution in [-0.4, -0.2) is 36.9 Å². The summed E-state index contributed by atoms with van der Waals surface area (Å²) in [5.41, 5.74) is 3.56. The number of imidazole rings is 1. The zero-order valence-electron chi connectivity index (χ0n) is 17.7. The number of fused-ring (bicyclic) bond motifs is 1. The molecular formula is C22H25N7O2. The molecule has 2 N–H and O–H groups in total. The molecule has 0 fully saturated rings. The molecule has 3 heterocycles. The monoisotopic (exact) mass is 419 g/mol. The molecule has 1 amide bonds. The van der Waals surface area contributed by atoms with E-state index in [9.17, 15) is 9.59 Å². The van der Waals surface area contributed by atoms with Crippen molar-refractivity contribution in [1.82, 2.24) is 29.2 Å². The summed E-state index contributed by atoms with van der Waals surface area (Å²) in [7, 11) is 3.35.